The third-order valence-electron chi connectivity index (χ3n) is 4.11. The lowest BCUT2D eigenvalue weighted by Crippen LogP contribution is -2.28. The molecule has 9 heteroatoms. The summed E-state index contributed by atoms with van der Waals surface area (Å²) in [5.41, 5.74) is 1.19. The molecular formula is C24H17N7O2. The number of benzene rings is 3. The van der Waals surface area contributed by atoms with Crippen LogP contribution in [0.3, 0.4) is 0 Å². The van der Waals surface area contributed by atoms with Crippen LogP contribution in [-0.2, 0) is 0 Å². The van der Waals surface area contributed by atoms with Crippen LogP contribution >= 0.6 is 0 Å². The Morgan fingerprint density at radius 2 is 1.55 bits per heavy atom. The van der Waals surface area contributed by atoms with E-state index >= 15 is 0 Å². The highest BCUT2D eigenvalue weighted by molar-refractivity contribution is 5.91. The Balaban J connectivity index is 1.78. The molecule has 160 valence electrons. The van der Waals surface area contributed by atoms with Crippen molar-refractivity contribution in [1.82, 2.24) is 5.32 Å². The molecule has 3 aromatic carbocycles. The number of amides is 2. The van der Waals surface area contributed by atoms with Crippen LogP contribution in [0.2, 0.25) is 0 Å². The predicted octanol–water partition coefficient (Wildman–Crippen LogP) is 5.31. The fourth-order valence-electron chi connectivity index (χ4n) is 2.54. The topological polar surface area (TPSA) is 146 Å². The van der Waals surface area contributed by atoms with Crippen molar-refractivity contribution < 1.29 is 9.90 Å². The maximum atomic E-state index is 12.1. The fourth-order valence-corrected chi connectivity index (χ4v) is 2.54. The Bertz CT molecular complexity index is 1300. The quantitative estimate of drug-likeness (QED) is 0.274. The van der Waals surface area contributed by atoms with Crippen molar-refractivity contribution in [3.8, 4) is 17.9 Å². The van der Waals surface area contributed by atoms with Gasteiger partial charge in [-0.2, -0.15) is 20.8 Å². The number of anilines is 1. The molecule has 0 unspecified atom stereocenters. The minimum absolute atomic E-state index is 0.108. The van der Waals surface area contributed by atoms with Gasteiger partial charge in [0, 0.05) is 17.5 Å². The number of phenolic OH excluding ortho intramolecular Hbond substituents is 1. The van der Waals surface area contributed by atoms with E-state index in [1.165, 1.54) is 18.3 Å². The monoisotopic (exact) mass is 435 g/mol. The van der Waals surface area contributed by atoms with Crippen LogP contribution in [0.5, 0.6) is 5.75 Å². The summed E-state index contributed by atoms with van der Waals surface area (Å²) in [6.07, 6.45) is 1.20. The van der Waals surface area contributed by atoms with Gasteiger partial charge in [-0.1, -0.05) is 36.4 Å². The van der Waals surface area contributed by atoms with E-state index in [2.05, 4.69) is 25.9 Å². The molecule has 0 saturated carbocycles. The van der Waals surface area contributed by atoms with Gasteiger partial charge >= 0.3 is 6.03 Å². The van der Waals surface area contributed by atoms with Crippen LogP contribution in [0.4, 0.5) is 21.9 Å². The van der Waals surface area contributed by atoms with Gasteiger partial charge in [-0.3, -0.25) is 5.32 Å². The Morgan fingerprint density at radius 1 is 0.879 bits per heavy atom. The number of para-hydroxylation sites is 1. The van der Waals surface area contributed by atoms with Crippen molar-refractivity contribution in [2.45, 2.75) is 0 Å². The molecule has 0 aromatic heterocycles. The second-order valence-electron chi connectivity index (χ2n) is 6.43. The minimum Gasteiger partial charge on any atom is -0.507 e. The first-order valence-corrected chi connectivity index (χ1v) is 9.60. The maximum absolute atomic E-state index is 12.1. The zero-order valence-corrected chi connectivity index (χ0v) is 17.2. The van der Waals surface area contributed by atoms with Crippen molar-refractivity contribution in [1.29, 1.82) is 10.5 Å². The molecule has 3 aromatic rings. The summed E-state index contributed by atoms with van der Waals surface area (Å²) < 4.78 is 0. The second-order valence-corrected chi connectivity index (χ2v) is 6.43. The van der Waals surface area contributed by atoms with Crippen molar-refractivity contribution in [2.24, 2.45) is 15.2 Å². The lowest BCUT2D eigenvalue weighted by Gasteiger charge is -2.06. The van der Waals surface area contributed by atoms with Gasteiger partial charge < -0.3 is 10.4 Å². The molecule has 0 heterocycles. The number of carbonyl (C=O) groups is 1. The van der Waals surface area contributed by atoms with Crippen LogP contribution in [0.25, 0.3) is 0 Å². The van der Waals surface area contributed by atoms with Crippen LogP contribution in [0, 0.1) is 22.7 Å². The summed E-state index contributed by atoms with van der Waals surface area (Å²) in [5.74, 6) is -0.108. The molecule has 0 aliphatic heterocycles. The normalized spacial score (nSPS) is 11.5. The molecular weight excluding hydrogens is 418 g/mol. The summed E-state index contributed by atoms with van der Waals surface area (Å²) in [6.45, 7) is 0. The Morgan fingerprint density at radius 3 is 2.21 bits per heavy atom. The number of azo groups is 1. The lowest BCUT2D eigenvalue weighted by molar-refractivity contribution is 0.254. The van der Waals surface area contributed by atoms with Crippen LogP contribution in [0.1, 0.15) is 5.56 Å². The van der Waals surface area contributed by atoms with Gasteiger partial charge in [-0.05, 0) is 42.5 Å². The maximum Gasteiger partial charge on any atom is 0.324 e. The molecule has 0 radical (unpaired) electrons. The summed E-state index contributed by atoms with van der Waals surface area (Å²) in [6, 6.07) is 25.0. The molecule has 0 bridgehead atoms. The van der Waals surface area contributed by atoms with Gasteiger partial charge in [0.15, 0.2) is 11.4 Å². The molecule has 0 saturated heterocycles. The first-order valence-electron chi connectivity index (χ1n) is 9.60. The first kappa shape index (κ1) is 22.4. The van der Waals surface area contributed by atoms with Gasteiger partial charge in [0.1, 0.15) is 17.9 Å². The summed E-state index contributed by atoms with van der Waals surface area (Å²) >= 11 is 0. The van der Waals surface area contributed by atoms with Crippen molar-refractivity contribution in [2.75, 3.05) is 5.32 Å². The van der Waals surface area contributed by atoms with E-state index in [9.17, 15) is 20.4 Å². The molecule has 0 atom stereocenters. The number of phenols is 1. The van der Waals surface area contributed by atoms with Crippen molar-refractivity contribution in [3.63, 3.8) is 0 Å². The van der Waals surface area contributed by atoms with Gasteiger partial charge in [-0.15, -0.1) is 0 Å². The van der Waals surface area contributed by atoms with Crippen molar-refractivity contribution in [3.05, 3.63) is 95.8 Å². The molecule has 33 heavy (non-hydrogen) atoms. The molecule has 3 rings (SSSR count). The largest absolute Gasteiger partial charge is 0.507 e. The zero-order chi connectivity index (χ0) is 23.5. The van der Waals surface area contributed by atoms with Crippen LogP contribution in [-0.4, -0.2) is 17.4 Å². The van der Waals surface area contributed by atoms with E-state index in [1.807, 2.05) is 18.2 Å². The van der Waals surface area contributed by atoms with E-state index in [4.69, 9.17) is 0 Å². The molecule has 2 amide bonds. The summed E-state index contributed by atoms with van der Waals surface area (Å²) in [5, 5.41) is 41.9. The number of nitrogens with zero attached hydrogens (tertiary/aromatic N) is 5. The molecule has 0 aliphatic rings. The number of carbonyl (C=O) groups excluding carboxylic acids is 1. The number of aliphatic imine (C=N–C) groups is 1. The first-order chi connectivity index (χ1) is 16.1. The third-order valence-corrected chi connectivity index (χ3v) is 4.11. The molecule has 0 fully saturated rings. The minimum atomic E-state index is -0.702. The average molecular weight is 435 g/mol. The number of nitriles is 2. The second kappa shape index (κ2) is 11.2. The van der Waals surface area contributed by atoms with E-state index in [1.54, 1.807) is 60.7 Å². The van der Waals surface area contributed by atoms with Gasteiger partial charge in [0.05, 0.1) is 11.4 Å². The zero-order valence-electron chi connectivity index (χ0n) is 17.2. The molecule has 0 spiro atoms. The number of aromatic hydroxyl groups is 1. The molecule has 3 N–H and O–H groups in total. The third kappa shape index (κ3) is 6.60. The number of allylic oxidation sites excluding steroid dienone is 2. The number of rotatable bonds is 6. The van der Waals surface area contributed by atoms with Crippen LogP contribution in [0.15, 0.2) is 105 Å². The number of urea groups is 1. The standard InChI is InChI=1S/C24H17N7O2/c25-14-21(22(15-26)29-24(33)28-18-7-3-1-4-8-18)27-16-17-13-20(11-12-23(17)32)31-30-19-9-5-2-6-10-19/h1-13,16,32H,(H2,28,29,33). The van der Waals surface area contributed by atoms with E-state index in [0.717, 1.165) is 0 Å². The Hall–Kier alpha value is -5.28. The highest BCUT2D eigenvalue weighted by Gasteiger charge is 2.10. The fraction of sp³-hybridized carbons (Fsp3) is 0. The average Bonchev–Trinajstić information content (AvgIpc) is 2.85. The number of nitrogens with one attached hydrogen (secondary N) is 2. The van der Waals surface area contributed by atoms with Gasteiger partial charge in [0.2, 0.25) is 0 Å². The number of hydrogen-bond acceptors (Lipinski definition) is 7. The Kier molecular flexibility index (Phi) is 7.61. The summed E-state index contributed by atoms with van der Waals surface area (Å²) in [4.78, 5) is 16.1. The lowest BCUT2D eigenvalue weighted by atomic mass is 10.2. The van der Waals surface area contributed by atoms with E-state index < -0.39 is 6.03 Å². The van der Waals surface area contributed by atoms with E-state index in [0.29, 0.717) is 17.1 Å². The van der Waals surface area contributed by atoms with Crippen molar-refractivity contribution >= 4 is 29.3 Å². The SMILES string of the molecule is N#CC(N=Cc1cc(N=Nc2ccccc2)ccc1O)=C(C#N)NC(=O)Nc1ccccc1. The van der Waals surface area contributed by atoms with Gasteiger partial charge in [-0.25, -0.2) is 9.79 Å². The summed E-state index contributed by atoms with van der Waals surface area (Å²) in [7, 11) is 0. The van der Waals surface area contributed by atoms with Crippen LogP contribution < -0.4 is 10.6 Å². The smallest absolute Gasteiger partial charge is 0.324 e. The van der Waals surface area contributed by atoms with Gasteiger partial charge in [0.25, 0.3) is 0 Å². The predicted molar refractivity (Wildman–Crippen MR) is 123 cm³/mol. The highest BCUT2D eigenvalue weighted by atomic mass is 16.3. The van der Waals surface area contributed by atoms with E-state index in [-0.39, 0.29) is 22.7 Å². The highest BCUT2D eigenvalue weighted by Crippen LogP contribution is 2.24. The Labute approximate surface area is 189 Å². The molecule has 9 nitrogen and oxygen atoms in total. The molecule has 0 aliphatic carbocycles. The number of hydrogen-bond donors (Lipinski definition) is 3.